The Kier molecular flexibility index (Phi) is 8.12. The van der Waals surface area contributed by atoms with E-state index in [-0.39, 0.29) is 12.3 Å². The molecule has 0 saturated carbocycles. The largest absolute Gasteiger partial charge is 0.489 e. The number of rotatable bonds is 10. The lowest BCUT2D eigenvalue weighted by molar-refractivity contribution is -0.137. The van der Waals surface area contributed by atoms with Gasteiger partial charge in [-0.1, -0.05) is 50.2 Å². The molecule has 1 heterocycles. The van der Waals surface area contributed by atoms with E-state index in [1.807, 2.05) is 62.5 Å². The Bertz CT molecular complexity index is 1430. The second-order valence-electron chi connectivity index (χ2n) is 10.2. The molecule has 0 atom stereocenters. The second-order valence-corrected chi connectivity index (χ2v) is 10.2. The molecule has 0 saturated heterocycles. The SMILES string of the molecule is Cc1cc(COc2cccc(CC(C)C)c2)cc(C(=O)n2cc(CCCC(=O)O)c3ccccc32)c1C. The second kappa shape index (κ2) is 11.5. The average Bonchev–Trinajstić information content (AvgIpc) is 3.22. The van der Waals surface area contributed by atoms with Crippen molar-refractivity contribution in [2.75, 3.05) is 0 Å². The minimum absolute atomic E-state index is 0.0953. The van der Waals surface area contributed by atoms with E-state index in [0.717, 1.165) is 45.3 Å². The monoisotopic (exact) mass is 497 g/mol. The molecule has 0 aliphatic heterocycles. The van der Waals surface area contributed by atoms with Crippen LogP contribution in [0.4, 0.5) is 0 Å². The standard InChI is InChI=1S/C32H35NO4/c1-21(2)15-24-9-7-11-27(17-24)37-20-25-16-22(3)23(4)29(18-25)32(36)33-19-26(10-8-14-31(34)35)28-12-5-6-13-30(28)33/h5-7,9,11-13,16-19,21H,8,10,14-15,20H2,1-4H3,(H,34,35). The van der Waals surface area contributed by atoms with Crippen LogP contribution in [0.1, 0.15) is 64.9 Å². The Morgan fingerprint density at radius 1 is 0.973 bits per heavy atom. The van der Waals surface area contributed by atoms with E-state index >= 15 is 0 Å². The summed E-state index contributed by atoms with van der Waals surface area (Å²) in [5.74, 6) is 0.497. The first-order valence-corrected chi connectivity index (χ1v) is 12.9. The number of aryl methyl sites for hydroxylation is 2. The van der Waals surface area contributed by atoms with Gasteiger partial charge in [-0.15, -0.1) is 0 Å². The molecule has 3 aromatic carbocycles. The molecular formula is C32H35NO4. The van der Waals surface area contributed by atoms with Gasteiger partial charge in [0.2, 0.25) is 0 Å². The molecule has 0 unspecified atom stereocenters. The quantitative estimate of drug-likeness (QED) is 0.253. The summed E-state index contributed by atoms with van der Waals surface area (Å²) in [6.07, 6.45) is 4.11. The molecule has 0 aliphatic carbocycles. The molecule has 0 spiro atoms. The molecule has 0 amide bonds. The molecule has 0 aliphatic rings. The number of aromatic nitrogens is 1. The maximum atomic E-state index is 13.8. The van der Waals surface area contributed by atoms with Gasteiger partial charge in [0.15, 0.2) is 0 Å². The molecule has 0 fully saturated rings. The van der Waals surface area contributed by atoms with Crippen molar-refractivity contribution in [3.63, 3.8) is 0 Å². The Hall–Kier alpha value is -3.86. The van der Waals surface area contributed by atoms with Gasteiger partial charge in [-0.3, -0.25) is 14.2 Å². The van der Waals surface area contributed by atoms with Crippen molar-refractivity contribution in [1.82, 2.24) is 4.57 Å². The van der Waals surface area contributed by atoms with Crippen LogP contribution in [0.2, 0.25) is 0 Å². The van der Waals surface area contributed by atoms with Gasteiger partial charge >= 0.3 is 5.97 Å². The van der Waals surface area contributed by atoms with Crippen LogP contribution in [-0.2, 0) is 24.2 Å². The molecule has 0 radical (unpaired) electrons. The number of ether oxygens (including phenoxy) is 1. The Morgan fingerprint density at radius 3 is 2.51 bits per heavy atom. The third-order valence-corrected chi connectivity index (χ3v) is 6.76. The fourth-order valence-electron chi connectivity index (χ4n) is 4.82. The van der Waals surface area contributed by atoms with Gasteiger partial charge in [0.1, 0.15) is 12.4 Å². The highest BCUT2D eigenvalue weighted by molar-refractivity contribution is 6.04. The van der Waals surface area contributed by atoms with Crippen molar-refractivity contribution in [2.24, 2.45) is 5.92 Å². The number of hydrogen-bond donors (Lipinski definition) is 1. The lowest BCUT2D eigenvalue weighted by Gasteiger charge is -2.14. The van der Waals surface area contributed by atoms with Crippen molar-refractivity contribution in [2.45, 2.75) is 60.0 Å². The maximum absolute atomic E-state index is 13.8. The van der Waals surface area contributed by atoms with Gasteiger partial charge in [-0.05, 0) is 91.1 Å². The van der Waals surface area contributed by atoms with Gasteiger partial charge in [0, 0.05) is 23.6 Å². The fraction of sp³-hybridized carbons (Fsp3) is 0.312. The molecule has 37 heavy (non-hydrogen) atoms. The van der Waals surface area contributed by atoms with Gasteiger partial charge in [-0.25, -0.2) is 0 Å². The maximum Gasteiger partial charge on any atom is 0.303 e. The predicted molar refractivity (Wildman–Crippen MR) is 147 cm³/mol. The van der Waals surface area contributed by atoms with E-state index in [1.165, 1.54) is 5.56 Å². The first kappa shape index (κ1) is 26.2. The van der Waals surface area contributed by atoms with Gasteiger partial charge in [-0.2, -0.15) is 0 Å². The molecule has 5 nitrogen and oxygen atoms in total. The number of benzene rings is 3. The first-order chi connectivity index (χ1) is 17.7. The number of carbonyl (C=O) groups excluding carboxylic acids is 1. The van der Waals surface area contributed by atoms with Crippen LogP contribution in [0.3, 0.4) is 0 Å². The van der Waals surface area contributed by atoms with Crippen molar-refractivity contribution in [1.29, 1.82) is 0 Å². The number of carboxylic acid groups (broad SMARTS) is 1. The summed E-state index contributed by atoms with van der Waals surface area (Å²) >= 11 is 0. The number of carbonyl (C=O) groups is 2. The summed E-state index contributed by atoms with van der Waals surface area (Å²) in [7, 11) is 0. The number of carboxylic acids is 1. The number of hydrogen-bond acceptors (Lipinski definition) is 3. The van der Waals surface area contributed by atoms with Crippen molar-refractivity contribution >= 4 is 22.8 Å². The fourth-order valence-corrected chi connectivity index (χ4v) is 4.82. The lowest BCUT2D eigenvalue weighted by Crippen LogP contribution is -2.14. The summed E-state index contributed by atoms with van der Waals surface area (Å²) in [5.41, 5.74) is 6.64. The summed E-state index contributed by atoms with van der Waals surface area (Å²) in [6, 6.07) is 20.0. The van der Waals surface area contributed by atoms with Crippen LogP contribution in [0.5, 0.6) is 5.75 Å². The van der Waals surface area contributed by atoms with Gasteiger partial charge in [0.05, 0.1) is 5.52 Å². The third kappa shape index (κ3) is 6.29. The van der Waals surface area contributed by atoms with Crippen molar-refractivity contribution < 1.29 is 19.4 Å². The topological polar surface area (TPSA) is 68.5 Å². The first-order valence-electron chi connectivity index (χ1n) is 12.9. The van der Waals surface area contributed by atoms with E-state index in [0.29, 0.717) is 30.9 Å². The van der Waals surface area contributed by atoms with E-state index < -0.39 is 5.97 Å². The van der Waals surface area contributed by atoms with Crippen LogP contribution in [0.15, 0.2) is 66.9 Å². The van der Waals surface area contributed by atoms with Crippen LogP contribution in [-0.4, -0.2) is 21.6 Å². The summed E-state index contributed by atoms with van der Waals surface area (Å²) in [4.78, 5) is 24.8. The highest BCUT2D eigenvalue weighted by Gasteiger charge is 2.19. The van der Waals surface area contributed by atoms with E-state index in [4.69, 9.17) is 9.84 Å². The minimum atomic E-state index is -0.809. The highest BCUT2D eigenvalue weighted by atomic mass is 16.5. The van der Waals surface area contributed by atoms with E-state index in [9.17, 15) is 9.59 Å². The average molecular weight is 498 g/mol. The summed E-state index contributed by atoms with van der Waals surface area (Å²) < 4.78 is 7.82. The zero-order valence-electron chi connectivity index (χ0n) is 22.1. The van der Waals surface area contributed by atoms with Crippen molar-refractivity contribution in [3.05, 3.63) is 100 Å². The molecule has 5 heteroatoms. The smallest absolute Gasteiger partial charge is 0.303 e. The molecule has 4 rings (SSSR count). The normalized spacial score (nSPS) is 11.3. The lowest BCUT2D eigenvalue weighted by atomic mass is 9.99. The zero-order valence-corrected chi connectivity index (χ0v) is 22.1. The Morgan fingerprint density at radius 2 is 1.76 bits per heavy atom. The van der Waals surface area contributed by atoms with Gasteiger partial charge < -0.3 is 9.84 Å². The number of fused-ring (bicyclic) bond motifs is 1. The predicted octanol–water partition coefficient (Wildman–Crippen LogP) is 7.13. The summed E-state index contributed by atoms with van der Waals surface area (Å²) in [5, 5.41) is 10.0. The van der Waals surface area contributed by atoms with Crippen LogP contribution < -0.4 is 4.74 Å². The molecule has 0 bridgehead atoms. The van der Waals surface area contributed by atoms with Crippen LogP contribution in [0.25, 0.3) is 10.9 Å². The number of nitrogens with zero attached hydrogens (tertiary/aromatic N) is 1. The highest BCUT2D eigenvalue weighted by Crippen LogP contribution is 2.26. The van der Waals surface area contributed by atoms with E-state index in [1.54, 1.807) is 4.57 Å². The van der Waals surface area contributed by atoms with E-state index in [2.05, 4.69) is 32.0 Å². The molecule has 1 aromatic heterocycles. The van der Waals surface area contributed by atoms with Crippen LogP contribution >= 0.6 is 0 Å². The minimum Gasteiger partial charge on any atom is -0.489 e. The molecule has 192 valence electrons. The molecule has 4 aromatic rings. The number of para-hydroxylation sites is 1. The Labute approximate surface area is 218 Å². The molecular weight excluding hydrogens is 462 g/mol. The number of aliphatic carboxylic acids is 1. The van der Waals surface area contributed by atoms with Crippen molar-refractivity contribution in [3.8, 4) is 5.75 Å². The third-order valence-electron chi connectivity index (χ3n) is 6.76. The van der Waals surface area contributed by atoms with Crippen LogP contribution in [0, 0.1) is 19.8 Å². The van der Waals surface area contributed by atoms with Gasteiger partial charge in [0.25, 0.3) is 5.91 Å². The zero-order chi connectivity index (χ0) is 26.5. The summed E-state index contributed by atoms with van der Waals surface area (Å²) in [6.45, 7) is 8.77. The Balaban J connectivity index is 1.60. The molecule has 1 N–H and O–H groups in total.